The Labute approximate surface area is 178 Å². The number of hydrogen-bond acceptors (Lipinski definition) is 4. The van der Waals surface area contributed by atoms with Crippen LogP contribution in [0, 0.1) is 0 Å². The molecule has 25 heavy (non-hydrogen) atoms. The minimum absolute atomic E-state index is 0. The fraction of sp³-hybridized carbons (Fsp3) is 0.625. The number of guanidine groups is 1. The molecule has 2 heterocycles. The average Bonchev–Trinajstić information content (AvgIpc) is 2.99. The molecule has 2 rings (SSSR count). The number of likely N-dealkylation sites (tertiary alicyclic amines) is 1. The van der Waals surface area contributed by atoms with Crippen molar-refractivity contribution in [1.82, 2.24) is 15.5 Å². The summed E-state index contributed by atoms with van der Waals surface area (Å²) in [5.41, 5.74) is 0. The van der Waals surface area contributed by atoms with E-state index >= 15 is 0 Å². The van der Waals surface area contributed by atoms with E-state index in [0.717, 1.165) is 29.8 Å². The quantitative estimate of drug-likeness (QED) is 0.336. The summed E-state index contributed by atoms with van der Waals surface area (Å²) in [6, 6.07) is 2.42. The molecule has 1 aliphatic heterocycles. The van der Waals surface area contributed by atoms with Gasteiger partial charge in [0.05, 0.1) is 13.2 Å². The summed E-state index contributed by atoms with van der Waals surface area (Å²) in [7, 11) is 0. The Morgan fingerprint density at radius 2 is 2.16 bits per heavy atom. The summed E-state index contributed by atoms with van der Waals surface area (Å²) in [6.45, 7) is 7.23. The van der Waals surface area contributed by atoms with Crippen LogP contribution >= 0.6 is 51.2 Å². The topological polar surface area (TPSA) is 66.0 Å². The number of piperidine rings is 1. The van der Waals surface area contributed by atoms with Crippen molar-refractivity contribution in [3.63, 3.8) is 0 Å². The van der Waals surface area contributed by atoms with Crippen LogP contribution in [-0.4, -0.2) is 49.2 Å². The SMILES string of the molecule is CCNC(=NCc1cc(Br)cs1)NC1CCN(C(=O)OCC)CC1.I. The highest BCUT2D eigenvalue weighted by molar-refractivity contribution is 14.0. The molecular formula is C16H26BrIN4O2S. The molecule has 2 N–H and O–H groups in total. The molecule has 1 aliphatic rings. The Kier molecular flexibility index (Phi) is 10.7. The maximum atomic E-state index is 11.7. The number of carbonyl (C=O) groups excluding carboxylic acids is 1. The van der Waals surface area contributed by atoms with Crippen LogP contribution in [0.2, 0.25) is 0 Å². The van der Waals surface area contributed by atoms with Gasteiger partial charge in [-0.25, -0.2) is 9.79 Å². The fourth-order valence-electron chi connectivity index (χ4n) is 2.53. The lowest BCUT2D eigenvalue weighted by Gasteiger charge is -2.32. The Bertz CT molecular complexity index is 562. The maximum absolute atomic E-state index is 11.7. The fourth-order valence-corrected chi connectivity index (χ4v) is 3.90. The van der Waals surface area contributed by atoms with E-state index in [0.29, 0.717) is 32.3 Å². The van der Waals surface area contributed by atoms with E-state index in [1.54, 1.807) is 16.2 Å². The van der Waals surface area contributed by atoms with Crippen LogP contribution < -0.4 is 10.6 Å². The third-order valence-corrected chi connectivity index (χ3v) is 5.40. The predicted octanol–water partition coefficient (Wildman–Crippen LogP) is 3.80. The molecular weight excluding hydrogens is 519 g/mol. The van der Waals surface area contributed by atoms with E-state index in [4.69, 9.17) is 4.74 Å². The van der Waals surface area contributed by atoms with Crippen LogP contribution in [0.5, 0.6) is 0 Å². The number of amides is 1. The zero-order valence-electron chi connectivity index (χ0n) is 14.6. The second kappa shape index (κ2) is 11.9. The molecule has 1 fully saturated rings. The highest BCUT2D eigenvalue weighted by Crippen LogP contribution is 2.20. The number of hydrogen-bond donors (Lipinski definition) is 2. The molecule has 0 unspecified atom stereocenters. The summed E-state index contributed by atoms with van der Waals surface area (Å²) in [4.78, 5) is 19.4. The molecule has 0 atom stereocenters. The van der Waals surface area contributed by atoms with Gasteiger partial charge >= 0.3 is 6.09 Å². The molecule has 6 nitrogen and oxygen atoms in total. The Balaban J connectivity index is 0.00000312. The van der Waals surface area contributed by atoms with Crippen LogP contribution in [0.15, 0.2) is 20.9 Å². The average molecular weight is 545 g/mol. The van der Waals surface area contributed by atoms with Crippen molar-refractivity contribution in [2.45, 2.75) is 39.3 Å². The summed E-state index contributed by atoms with van der Waals surface area (Å²) in [5.74, 6) is 0.830. The summed E-state index contributed by atoms with van der Waals surface area (Å²) in [6.07, 6.45) is 1.58. The Hall–Kier alpha value is -0.550. The van der Waals surface area contributed by atoms with E-state index in [2.05, 4.69) is 49.9 Å². The Morgan fingerprint density at radius 3 is 2.72 bits per heavy atom. The van der Waals surface area contributed by atoms with E-state index < -0.39 is 0 Å². The molecule has 1 amide bonds. The summed E-state index contributed by atoms with van der Waals surface area (Å²) < 4.78 is 6.15. The zero-order chi connectivity index (χ0) is 17.4. The predicted molar refractivity (Wildman–Crippen MR) is 117 cm³/mol. The number of rotatable bonds is 5. The molecule has 142 valence electrons. The first-order chi connectivity index (χ1) is 11.6. The first kappa shape index (κ1) is 22.5. The van der Waals surface area contributed by atoms with Crippen molar-refractivity contribution in [3.05, 3.63) is 20.8 Å². The van der Waals surface area contributed by atoms with Crippen molar-refractivity contribution in [2.24, 2.45) is 4.99 Å². The molecule has 9 heteroatoms. The smallest absolute Gasteiger partial charge is 0.409 e. The standard InChI is InChI=1S/C16H25BrN4O2S.HI/c1-3-18-15(19-10-14-9-12(17)11-24-14)20-13-5-7-21(8-6-13)16(22)23-4-2;/h9,11,13H,3-8,10H2,1-2H3,(H2,18,19,20);1H. The van der Waals surface area contributed by atoms with E-state index in [-0.39, 0.29) is 30.1 Å². The lowest BCUT2D eigenvalue weighted by molar-refractivity contribution is 0.0963. The molecule has 1 aromatic rings. The number of nitrogens with zero attached hydrogens (tertiary/aromatic N) is 2. The number of nitrogens with one attached hydrogen (secondary N) is 2. The molecule has 0 radical (unpaired) electrons. The minimum Gasteiger partial charge on any atom is -0.450 e. The van der Waals surface area contributed by atoms with Crippen LogP contribution in [0.3, 0.4) is 0 Å². The molecule has 0 bridgehead atoms. The number of ether oxygens (including phenoxy) is 1. The van der Waals surface area contributed by atoms with Crippen LogP contribution in [0.25, 0.3) is 0 Å². The van der Waals surface area contributed by atoms with Crippen LogP contribution in [0.1, 0.15) is 31.6 Å². The van der Waals surface area contributed by atoms with Gasteiger partial charge in [0.2, 0.25) is 0 Å². The van der Waals surface area contributed by atoms with Gasteiger partial charge in [-0.2, -0.15) is 0 Å². The van der Waals surface area contributed by atoms with Crippen molar-refractivity contribution in [1.29, 1.82) is 0 Å². The third kappa shape index (κ3) is 7.69. The Morgan fingerprint density at radius 1 is 1.44 bits per heavy atom. The van der Waals surface area contributed by atoms with Gasteiger partial charge in [-0.15, -0.1) is 35.3 Å². The second-order valence-corrected chi connectivity index (χ2v) is 7.44. The minimum atomic E-state index is -0.209. The van der Waals surface area contributed by atoms with Crippen molar-refractivity contribution in [2.75, 3.05) is 26.2 Å². The first-order valence-electron chi connectivity index (χ1n) is 8.31. The van der Waals surface area contributed by atoms with Crippen LogP contribution in [-0.2, 0) is 11.3 Å². The highest BCUT2D eigenvalue weighted by atomic mass is 127. The van der Waals surface area contributed by atoms with Gasteiger partial charge in [-0.1, -0.05) is 0 Å². The molecule has 0 saturated carbocycles. The normalized spacial score (nSPS) is 15.5. The van der Waals surface area contributed by atoms with E-state index in [1.807, 2.05) is 6.92 Å². The number of aliphatic imine (C=N–C) groups is 1. The van der Waals surface area contributed by atoms with Crippen molar-refractivity contribution in [3.8, 4) is 0 Å². The molecule has 0 spiro atoms. The molecule has 1 saturated heterocycles. The molecule has 1 aromatic heterocycles. The van der Waals surface area contributed by atoms with Gasteiger partial charge in [0.25, 0.3) is 0 Å². The van der Waals surface area contributed by atoms with E-state index in [9.17, 15) is 4.79 Å². The van der Waals surface area contributed by atoms with Gasteiger partial charge in [-0.05, 0) is 48.7 Å². The lowest BCUT2D eigenvalue weighted by atomic mass is 10.1. The highest BCUT2D eigenvalue weighted by Gasteiger charge is 2.23. The third-order valence-electron chi connectivity index (χ3n) is 3.72. The van der Waals surface area contributed by atoms with Gasteiger partial charge in [0.15, 0.2) is 5.96 Å². The van der Waals surface area contributed by atoms with Gasteiger partial charge < -0.3 is 20.3 Å². The zero-order valence-corrected chi connectivity index (χ0v) is 19.3. The lowest BCUT2D eigenvalue weighted by Crippen LogP contribution is -2.49. The molecule has 0 aromatic carbocycles. The number of halogens is 2. The number of carbonyl (C=O) groups is 1. The molecule has 0 aliphatic carbocycles. The number of thiophene rings is 1. The maximum Gasteiger partial charge on any atom is 0.409 e. The van der Waals surface area contributed by atoms with Crippen molar-refractivity contribution < 1.29 is 9.53 Å². The summed E-state index contributed by atoms with van der Waals surface area (Å²) >= 11 is 5.16. The van der Waals surface area contributed by atoms with Crippen LogP contribution in [0.4, 0.5) is 4.79 Å². The van der Waals surface area contributed by atoms with Crippen molar-refractivity contribution >= 4 is 63.3 Å². The summed E-state index contributed by atoms with van der Waals surface area (Å²) in [5, 5.41) is 8.83. The van der Waals surface area contributed by atoms with Gasteiger partial charge in [0.1, 0.15) is 0 Å². The van der Waals surface area contributed by atoms with Gasteiger partial charge in [-0.3, -0.25) is 0 Å². The first-order valence-corrected chi connectivity index (χ1v) is 9.99. The largest absolute Gasteiger partial charge is 0.450 e. The van der Waals surface area contributed by atoms with E-state index in [1.165, 1.54) is 4.88 Å². The van der Waals surface area contributed by atoms with Gasteiger partial charge in [0, 0.05) is 40.4 Å². The monoisotopic (exact) mass is 544 g/mol. The second-order valence-electron chi connectivity index (χ2n) is 5.53.